The first-order valence-corrected chi connectivity index (χ1v) is 15.6. The van der Waals surface area contributed by atoms with Gasteiger partial charge in [-0.25, -0.2) is 4.79 Å². The number of rotatable bonds is 6. The van der Waals surface area contributed by atoms with Gasteiger partial charge in [0.05, 0.1) is 23.8 Å². The molecule has 12 heteroatoms. The highest BCUT2D eigenvalue weighted by Gasteiger charge is 2.45. The number of carbonyl (C=O) groups excluding carboxylic acids is 1. The van der Waals surface area contributed by atoms with Gasteiger partial charge in [0.2, 0.25) is 0 Å². The molecule has 0 N–H and O–H groups in total. The quantitative estimate of drug-likeness (QED) is 0.208. The second kappa shape index (κ2) is 13.2. The third-order valence-corrected chi connectivity index (χ3v) is 8.63. The van der Waals surface area contributed by atoms with E-state index < -0.39 is 23.8 Å². The number of aliphatic imine (C=N–C) groups is 1. The van der Waals surface area contributed by atoms with Crippen molar-refractivity contribution >= 4 is 40.8 Å². The first kappa shape index (κ1) is 31.7. The first-order valence-electron chi connectivity index (χ1n) is 14.8. The standard InChI is InChI=1S/C34H30Cl2F3N5O2/c1-2-46-29-21-24(34(37,38)39)7-12-28(29)32-41-30(22-3-8-25(35)9-4-22)31(23-5-10-26(36)11-6-23)44(32)33(45)43-19-17-42(18-20-43)27-13-15-40-16-14-27/h3-16,21,30-31H,2,17-20H2,1H3. The zero-order chi connectivity index (χ0) is 32.4. The number of anilines is 1. The van der Waals surface area contributed by atoms with Gasteiger partial charge in [-0.15, -0.1) is 0 Å². The lowest BCUT2D eigenvalue weighted by Gasteiger charge is -2.39. The maximum absolute atomic E-state index is 14.7. The van der Waals surface area contributed by atoms with E-state index in [0.29, 0.717) is 36.2 Å². The number of benzene rings is 3. The van der Waals surface area contributed by atoms with Crippen molar-refractivity contribution in [2.24, 2.45) is 4.99 Å². The zero-order valence-electron chi connectivity index (χ0n) is 24.8. The molecule has 0 saturated carbocycles. The summed E-state index contributed by atoms with van der Waals surface area (Å²) in [6.07, 6.45) is -1.12. The summed E-state index contributed by atoms with van der Waals surface area (Å²) in [7, 11) is 0. The number of halogens is 5. The Morgan fingerprint density at radius 1 is 0.870 bits per heavy atom. The van der Waals surface area contributed by atoms with E-state index in [1.807, 2.05) is 36.4 Å². The Labute approximate surface area is 274 Å². The molecule has 0 radical (unpaired) electrons. The maximum Gasteiger partial charge on any atom is 0.416 e. The van der Waals surface area contributed by atoms with Crippen molar-refractivity contribution in [2.75, 3.05) is 37.7 Å². The van der Waals surface area contributed by atoms with Crippen LogP contribution in [0.25, 0.3) is 0 Å². The molecular formula is C34H30Cl2F3N5O2. The Bertz CT molecular complexity index is 1710. The summed E-state index contributed by atoms with van der Waals surface area (Å²) in [5.74, 6) is 0.210. The van der Waals surface area contributed by atoms with Crippen LogP contribution in [0.5, 0.6) is 5.75 Å². The molecule has 3 heterocycles. The van der Waals surface area contributed by atoms with Crippen molar-refractivity contribution in [2.45, 2.75) is 25.2 Å². The molecule has 2 aliphatic rings. The highest BCUT2D eigenvalue weighted by Crippen LogP contribution is 2.46. The number of pyridine rings is 1. The molecule has 2 unspecified atom stereocenters. The fourth-order valence-electron chi connectivity index (χ4n) is 5.88. The predicted molar refractivity (Wildman–Crippen MR) is 173 cm³/mol. The molecule has 6 rings (SSSR count). The van der Waals surface area contributed by atoms with Crippen LogP contribution in [0.15, 0.2) is 96.2 Å². The minimum absolute atomic E-state index is 0.0111. The van der Waals surface area contributed by atoms with Crippen molar-refractivity contribution in [3.05, 3.63) is 124 Å². The Balaban J connectivity index is 1.45. The highest BCUT2D eigenvalue weighted by atomic mass is 35.5. The number of aromatic nitrogens is 1. The van der Waals surface area contributed by atoms with Crippen LogP contribution in [0.4, 0.5) is 23.7 Å². The maximum atomic E-state index is 14.7. The van der Waals surface area contributed by atoms with Gasteiger partial charge >= 0.3 is 12.2 Å². The fraction of sp³-hybridized carbons (Fsp3) is 0.265. The Morgan fingerprint density at radius 3 is 2.07 bits per heavy atom. The van der Waals surface area contributed by atoms with Gasteiger partial charge in [-0.05, 0) is 72.6 Å². The first-order chi connectivity index (χ1) is 22.1. The van der Waals surface area contributed by atoms with Gasteiger partial charge < -0.3 is 14.5 Å². The minimum atomic E-state index is -4.58. The Morgan fingerprint density at radius 2 is 1.48 bits per heavy atom. The number of amidine groups is 1. The van der Waals surface area contributed by atoms with Crippen LogP contribution < -0.4 is 9.64 Å². The van der Waals surface area contributed by atoms with Gasteiger partial charge in [-0.1, -0.05) is 47.5 Å². The van der Waals surface area contributed by atoms with E-state index in [1.165, 1.54) is 6.07 Å². The topological polar surface area (TPSA) is 61.3 Å². The van der Waals surface area contributed by atoms with E-state index in [4.69, 9.17) is 32.9 Å². The van der Waals surface area contributed by atoms with Gasteiger partial charge in [0.15, 0.2) is 0 Å². The molecule has 0 spiro atoms. The summed E-state index contributed by atoms with van der Waals surface area (Å²) >= 11 is 12.5. The molecule has 1 saturated heterocycles. The summed E-state index contributed by atoms with van der Waals surface area (Å²) in [5.41, 5.74) is 1.99. The lowest BCUT2D eigenvalue weighted by atomic mass is 9.93. The second-order valence-electron chi connectivity index (χ2n) is 10.9. The molecule has 0 aliphatic carbocycles. The van der Waals surface area contributed by atoms with E-state index in [0.717, 1.165) is 28.9 Å². The number of piperazine rings is 1. The SMILES string of the molecule is CCOc1cc(C(F)(F)F)ccc1C1=NC(c2ccc(Cl)cc2)C(c2ccc(Cl)cc2)N1C(=O)N1CCN(c2ccncc2)CC1. The number of hydrogen-bond donors (Lipinski definition) is 0. The fourth-order valence-corrected chi connectivity index (χ4v) is 6.13. The number of urea groups is 1. The van der Waals surface area contributed by atoms with E-state index in [9.17, 15) is 18.0 Å². The zero-order valence-corrected chi connectivity index (χ0v) is 26.3. The summed E-state index contributed by atoms with van der Waals surface area (Å²) in [5, 5.41) is 1.06. The average molecular weight is 669 g/mol. The van der Waals surface area contributed by atoms with Crippen LogP contribution in [0.2, 0.25) is 10.0 Å². The number of hydrogen-bond acceptors (Lipinski definition) is 5. The summed E-state index contributed by atoms with van der Waals surface area (Å²) in [6.45, 7) is 3.84. The third-order valence-electron chi connectivity index (χ3n) is 8.12. The van der Waals surface area contributed by atoms with Crippen molar-refractivity contribution in [1.29, 1.82) is 0 Å². The van der Waals surface area contributed by atoms with E-state index in [1.54, 1.807) is 53.4 Å². The summed E-state index contributed by atoms with van der Waals surface area (Å²) in [6, 6.07) is 19.9. The molecule has 2 atom stereocenters. The van der Waals surface area contributed by atoms with Crippen LogP contribution >= 0.6 is 23.2 Å². The highest BCUT2D eigenvalue weighted by molar-refractivity contribution is 6.30. The van der Waals surface area contributed by atoms with Crippen LogP contribution in [0, 0.1) is 0 Å². The van der Waals surface area contributed by atoms with E-state index in [2.05, 4.69) is 9.88 Å². The van der Waals surface area contributed by atoms with Crippen LogP contribution in [-0.4, -0.2) is 59.4 Å². The van der Waals surface area contributed by atoms with Gasteiger partial charge in [0.1, 0.15) is 17.6 Å². The number of amides is 2. The smallest absolute Gasteiger partial charge is 0.416 e. The molecule has 4 aromatic rings. The van der Waals surface area contributed by atoms with E-state index in [-0.39, 0.29) is 29.8 Å². The monoisotopic (exact) mass is 667 g/mol. The molecule has 2 amide bonds. The number of carbonyl (C=O) groups is 1. The molecule has 1 aromatic heterocycles. The molecule has 2 aliphatic heterocycles. The van der Waals surface area contributed by atoms with Crippen LogP contribution in [0.3, 0.4) is 0 Å². The molecule has 238 valence electrons. The number of ether oxygens (including phenoxy) is 1. The normalized spacial score (nSPS) is 18.5. The lowest BCUT2D eigenvalue weighted by molar-refractivity contribution is -0.137. The van der Waals surface area contributed by atoms with Crippen molar-refractivity contribution < 1.29 is 22.7 Å². The van der Waals surface area contributed by atoms with Gasteiger partial charge in [0, 0.05) is 54.3 Å². The average Bonchev–Trinajstić information content (AvgIpc) is 3.45. The lowest BCUT2D eigenvalue weighted by Crippen LogP contribution is -2.54. The van der Waals surface area contributed by atoms with E-state index >= 15 is 0 Å². The molecule has 0 bridgehead atoms. The minimum Gasteiger partial charge on any atom is -0.493 e. The van der Waals surface area contributed by atoms with Crippen molar-refractivity contribution in [3.8, 4) is 5.75 Å². The second-order valence-corrected chi connectivity index (χ2v) is 11.8. The number of alkyl halides is 3. The summed E-state index contributed by atoms with van der Waals surface area (Å²) in [4.78, 5) is 29.4. The largest absolute Gasteiger partial charge is 0.493 e. The van der Waals surface area contributed by atoms with Gasteiger partial charge in [-0.2, -0.15) is 13.2 Å². The Kier molecular flexibility index (Phi) is 9.11. The molecule has 3 aromatic carbocycles. The Hall–Kier alpha value is -4.28. The van der Waals surface area contributed by atoms with Crippen LogP contribution in [0.1, 0.15) is 41.3 Å². The molecule has 7 nitrogen and oxygen atoms in total. The molecule has 46 heavy (non-hydrogen) atoms. The molecular weight excluding hydrogens is 638 g/mol. The third kappa shape index (κ3) is 6.50. The van der Waals surface area contributed by atoms with Gasteiger partial charge in [0.25, 0.3) is 0 Å². The summed E-state index contributed by atoms with van der Waals surface area (Å²) < 4.78 is 47.1. The van der Waals surface area contributed by atoms with Crippen molar-refractivity contribution in [1.82, 2.24) is 14.8 Å². The number of nitrogens with zero attached hydrogens (tertiary/aromatic N) is 5. The van der Waals surface area contributed by atoms with Gasteiger partial charge in [-0.3, -0.25) is 14.9 Å². The van der Waals surface area contributed by atoms with Crippen LogP contribution in [-0.2, 0) is 6.18 Å². The predicted octanol–water partition coefficient (Wildman–Crippen LogP) is 8.29. The van der Waals surface area contributed by atoms with Crippen molar-refractivity contribution in [3.63, 3.8) is 0 Å². The molecule has 1 fully saturated rings.